The van der Waals surface area contributed by atoms with Gasteiger partial charge in [0, 0.05) is 40.4 Å². The fourth-order valence-corrected chi connectivity index (χ4v) is 3.74. The number of nitrogens with zero attached hydrogens (tertiary/aromatic N) is 1. The van der Waals surface area contributed by atoms with Gasteiger partial charge >= 0.3 is 0 Å². The first kappa shape index (κ1) is 13.5. The minimum Gasteiger partial charge on any atom is -0.374 e. The van der Waals surface area contributed by atoms with E-state index in [2.05, 4.69) is 39.1 Å². The molecule has 0 aromatic carbocycles. The Morgan fingerprint density at radius 3 is 3.12 bits per heavy atom. The fraction of sp³-hybridized carbons (Fsp3) is 0.667. The van der Waals surface area contributed by atoms with E-state index in [1.165, 1.54) is 14.2 Å². The molecule has 1 aliphatic heterocycles. The first-order valence-electron chi connectivity index (χ1n) is 5.92. The Bertz CT molecular complexity index is 348. The van der Waals surface area contributed by atoms with Crippen molar-refractivity contribution in [2.75, 3.05) is 33.3 Å². The Hall–Kier alpha value is 0.0600. The van der Waals surface area contributed by atoms with Crippen LogP contribution in [0, 0.1) is 6.92 Å². The maximum atomic E-state index is 5.71. The molecule has 1 atom stereocenters. The number of ether oxygens (including phenoxy) is 1. The summed E-state index contributed by atoms with van der Waals surface area (Å²) in [4.78, 5) is 5.27. The minimum absolute atomic E-state index is 0.332. The van der Waals surface area contributed by atoms with Crippen molar-refractivity contribution in [2.24, 2.45) is 0 Å². The van der Waals surface area contributed by atoms with Gasteiger partial charge < -0.3 is 10.1 Å². The summed E-state index contributed by atoms with van der Waals surface area (Å²) >= 11 is 5.45. The fourth-order valence-electron chi connectivity index (χ4n) is 2.09. The normalized spacial score (nSPS) is 21.9. The van der Waals surface area contributed by atoms with Crippen LogP contribution in [0.25, 0.3) is 0 Å². The first-order valence-corrected chi connectivity index (χ1v) is 7.53. The number of hydrogen-bond acceptors (Lipinski definition) is 4. The molecule has 2 heterocycles. The summed E-state index contributed by atoms with van der Waals surface area (Å²) in [7, 11) is 1.97. The molecule has 5 heteroatoms. The lowest BCUT2D eigenvalue weighted by Gasteiger charge is -2.32. The summed E-state index contributed by atoms with van der Waals surface area (Å²) in [5, 5.41) is 3.18. The van der Waals surface area contributed by atoms with Crippen molar-refractivity contribution in [3.63, 3.8) is 0 Å². The minimum atomic E-state index is 0.332. The number of likely N-dealkylation sites (N-methyl/N-ethyl adjacent to an activating group) is 1. The maximum absolute atomic E-state index is 5.71. The Morgan fingerprint density at radius 1 is 1.65 bits per heavy atom. The van der Waals surface area contributed by atoms with E-state index < -0.39 is 0 Å². The van der Waals surface area contributed by atoms with E-state index in [-0.39, 0.29) is 0 Å². The SMILES string of the molecule is CNCC1CN(Cc2cc(Br)c(C)s2)CCO1. The first-order chi connectivity index (χ1) is 8.19. The predicted molar refractivity (Wildman–Crippen MR) is 75.7 cm³/mol. The molecular formula is C12H19BrN2OS. The van der Waals surface area contributed by atoms with Gasteiger partial charge in [0.1, 0.15) is 0 Å². The van der Waals surface area contributed by atoms with Crippen molar-refractivity contribution in [1.82, 2.24) is 10.2 Å². The van der Waals surface area contributed by atoms with Crippen molar-refractivity contribution in [2.45, 2.75) is 19.6 Å². The lowest BCUT2D eigenvalue weighted by atomic mass is 10.2. The standard InChI is InChI=1S/C12H19BrN2OS/c1-9-12(13)5-11(17-9)8-15-3-4-16-10(7-15)6-14-2/h5,10,14H,3-4,6-8H2,1-2H3. The van der Waals surface area contributed by atoms with Crippen molar-refractivity contribution < 1.29 is 4.74 Å². The van der Waals surface area contributed by atoms with Crippen molar-refractivity contribution >= 4 is 27.3 Å². The Balaban J connectivity index is 1.90. The summed E-state index contributed by atoms with van der Waals surface area (Å²) in [6.07, 6.45) is 0.332. The second kappa shape index (κ2) is 6.29. The Kier molecular flexibility index (Phi) is 4.99. The lowest BCUT2D eigenvalue weighted by Crippen LogP contribution is -2.45. The van der Waals surface area contributed by atoms with Crippen molar-refractivity contribution in [3.8, 4) is 0 Å². The third-order valence-corrected chi connectivity index (χ3v) is 5.06. The van der Waals surface area contributed by atoms with Crippen molar-refractivity contribution in [3.05, 3.63) is 20.3 Å². The zero-order valence-corrected chi connectivity index (χ0v) is 12.7. The molecule has 2 rings (SSSR count). The number of aryl methyl sites for hydroxylation is 1. The molecule has 0 amide bonds. The average Bonchev–Trinajstić information content (AvgIpc) is 2.59. The van der Waals surface area contributed by atoms with E-state index in [0.717, 1.165) is 32.8 Å². The van der Waals surface area contributed by atoms with E-state index in [4.69, 9.17) is 4.74 Å². The van der Waals surface area contributed by atoms with E-state index in [1.54, 1.807) is 0 Å². The van der Waals surface area contributed by atoms with Gasteiger partial charge in [-0.1, -0.05) is 0 Å². The molecule has 1 aromatic rings. The van der Waals surface area contributed by atoms with E-state index >= 15 is 0 Å². The maximum Gasteiger partial charge on any atom is 0.0826 e. The van der Waals surface area contributed by atoms with Crippen LogP contribution in [0.4, 0.5) is 0 Å². The van der Waals surface area contributed by atoms with E-state index in [1.807, 2.05) is 18.4 Å². The molecule has 17 heavy (non-hydrogen) atoms. The van der Waals surface area contributed by atoms with Crippen LogP contribution in [-0.4, -0.2) is 44.3 Å². The summed E-state index contributed by atoms with van der Waals surface area (Å²) in [6.45, 7) is 7.04. The van der Waals surface area contributed by atoms with E-state index in [0.29, 0.717) is 6.10 Å². The molecule has 1 unspecified atom stereocenters. The molecule has 1 fully saturated rings. The molecule has 1 aliphatic rings. The lowest BCUT2D eigenvalue weighted by molar-refractivity contribution is -0.0288. The number of hydrogen-bond donors (Lipinski definition) is 1. The highest BCUT2D eigenvalue weighted by molar-refractivity contribution is 9.10. The zero-order valence-electron chi connectivity index (χ0n) is 10.3. The van der Waals surface area contributed by atoms with Crippen LogP contribution < -0.4 is 5.32 Å². The summed E-state index contributed by atoms with van der Waals surface area (Å²) in [5.41, 5.74) is 0. The monoisotopic (exact) mass is 318 g/mol. The third-order valence-electron chi connectivity index (χ3n) is 2.94. The highest BCUT2D eigenvalue weighted by Crippen LogP contribution is 2.27. The van der Waals surface area contributed by atoms with Crippen LogP contribution in [0.2, 0.25) is 0 Å². The number of thiophene rings is 1. The van der Waals surface area contributed by atoms with E-state index in [9.17, 15) is 0 Å². The smallest absolute Gasteiger partial charge is 0.0826 e. The third kappa shape index (κ3) is 3.76. The van der Waals surface area contributed by atoms with Crippen LogP contribution in [0.3, 0.4) is 0 Å². The number of nitrogens with one attached hydrogen (secondary N) is 1. The highest BCUT2D eigenvalue weighted by atomic mass is 79.9. The van der Waals surface area contributed by atoms with Gasteiger partial charge in [-0.05, 0) is 36.0 Å². The number of halogens is 1. The molecule has 0 bridgehead atoms. The molecule has 0 spiro atoms. The molecule has 1 aromatic heterocycles. The van der Waals surface area contributed by atoms with Gasteiger partial charge in [0.25, 0.3) is 0 Å². The Morgan fingerprint density at radius 2 is 2.47 bits per heavy atom. The second-order valence-electron chi connectivity index (χ2n) is 4.40. The quantitative estimate of drug-likeness (QED) is 0.921. The van der Waals surface area contributed by atoms with Gasteiger partial charge in [-0.25, -0.2) is 0 Å². The summed E-state index contributed by atoms with van der Waals surface area (Å²) in [6, 6.07) is 2.24. The average molecular weight is 319 g/mol. The second-order valence-corrected chi connectivity index (χ2v) is 6.60. The molecule has 0 radical (unpaired) electrons. The van der Waals surface area contributed by atoms with Gasteiger partial charge in [-0.2, -0.15) is 0 Å². The van der Waals surface area contributed by atoms with Crippen LogP contribution in [0.15, 0.2) is 10.5 Å². The van der Waals surface area contributed by atoms with Crippen molar-refractivity contribution in [1.29, 1.82) is 0 Å². The molecular weight excluding hydrogens is 300 g/mol. The number of rotatable bonds is 4. The van der Waals surface area contributed by atoms with Crippen LogP contribution in [0.5, 0.6) is 0 Å². The van der Waals surface area contributed by atoms with Gasteiger partial charge in [-0.15, -0.1) is 11.3 Å². The molecule has 1 N–H and O–H groups in total. The molecule has 96 valence electrons. The zero-order chi connectivity index (χ0) is 12.3. The Labute approximate surface area is 115 Å². The molecule has 0 aliphatic carbocycles. The largest absolute Gasteiger partial charge is 0.374 e. The highest BCUT2D eigenvalue weighted by Gasteiger charge is 2.20. The van der Waals surface area contributed by atoms with Crippen LogP contribution in [-0.2, 0) is 11.3 Å². The van der Waals surface area contributed by atoms with Gasteiger partial charge in [-0.3, -0.25) is 4.90 Å². The number of morpholine rings is 1. The summed E-state index contributed by atoms with van der Waals surface area (Å²) < 4.78 is 6.94. The summed E-state index contributed by atoms with van der Waals surface area (Å²) in [5.74, 6) is 0. The van der Waals surface area contributed by atoms with Gasteiger partial charge in [0.2, 0.25) is 0 Å². The topological polar surface area (TPSA) is 24.5 Å². The molecule has 1 saturated heterocycles. The molecule has 3 nitrogen and oxygen atoms in total. The van der Waals surface area contributed by atoms with Crippen LogP contribution in [0.1, 0.15) is 9.75 Å². The van der Waals surface area contributed by atoms with Gasteiger partial charge in [0.15, 0.2) is 0 Å². The molecule has 0 saturated carbocycles. The van der Waals surface area contributed by atoms with Gasteiger partial charge in [0.05, 0.1) is 12.7 Å². The predicted octanol–water partition coefficient (Wildman–Crippen LogP) is 2.24. The van der Waals surface area contributed by atoms with Crippen LogP contribution >= 0.6 is 27.3 Å².